The topological polar surface area (TPSA) is 66.5 Å². The number of anilines is 1. The number of hydrogen-bond acceptors (Lipinski definition) is 5. The van der Waals surface area contributed by atoms with Crippen LogP contribution in [-0.4, -0.2) is 40.2 Å². The Morgan fingerprint density at radius 1 is 1.07 bits per heavy atom. The van der Waals surface area contributed by atoms with Crippen LogP contribution in [0.5, 0.6) is 0 Å². The van der Waals surface area contributed by atoms with Gasteiger partial charge >= 0.3 is 0 Å². The maximum absolute atomic E-state index is 12.8. The average Bonchev–Trinajstić information content (AvgIpc) is 3.31. The third-order valence-corrected chi connectivity index (χ3v) is 8.60. The van der Waals surface area contributed by atoms with Gasteiger partial charge in [0, 0.05) is 17.2 Å². The fourth-order valence-corrected chi connectivity index (χ4v) is 6.45. The minimum atomic E-state index is -0.987. The highest BCUT2D eigenvalue weighted by molar-refractivity contribution is 8.19. The molecule has 1 atom stereocenters. The summed E-state index contributed by atoms with van der Waals surface area (Å²) >= 11 is 15.7. The number of benzene rings is 2. The van der Waals surface area contributed by atoms with E-state index >= 15 is 0 Å². The van der Waals surface area contributed by atoms with Crippen LogP contribution >= 0.6 is 46.7 Å². The number of nitrogens with one attached hydrogen (secondary N) is 1. The Balaban J connectivity index is 1.52. The molecule has 2 aliphatic heterocycles. The summed E-state index contributed by atoms with van der Waals surface area (Å²) in [7, 11) is 0. The summed E-state index contributed by atoms with van der Waals surface area (Å²) in [5.41, 5.74) is 2.07. The third-order valence-electron chi connectivity index (χ3n) is 4.77. The number of halogens is 2. The van der Waals surface area contributed by atoms with Crippen molar-refractivity contribution in [2.45, 2.75) is 17.5 Å². The SMILES string of the molecule is CC(C(=O)Nc1cccc(C2SCCS2)c1)N1C(=O)c2cc(Cl)c(Cl)cc2C1=O. The summed E-state index contributed by atoms with van der Waals surface area (Å²) in [6, 6.07) is 9.39. The van der Waals surface area contributed by atoms with E-state index < -0.39 is 23.8 Å². The van der Waals surface area contributed by atoms with Gasteiger partial charge < -0.3 is 5.32 Å². The molecule has 150 valence electrons. The molecule has 2 aliphatic rings. The number of fused-ring (bicyclic) bond motifs is 1. The van der Waals surface area contributed by atoms with Gasteiger partial charge in [-0.3, -0.25) is 19.3 Å². The average molecular weight is 467 g/mol. The van der Waals surface area contributed by atoms with Crippen molar-refractivity contribution in [3.8, 4) is 0 Å². The number of carbonyl (C=O) groups is 3. The summed E-state index contributed by atoms with van der Waals surface area (Å²) in [6.07, 6.45) is 0. The standard InChI is InChI=1S/C20H16Cl2N2O3S2/c1-10(24-18(26)13-8-15(21)16(22)9-14(13)19(24)27)17(25)23-12-4-2-3-11(7-12)20-28-5-6-29-20/h2-4,7-10,20H,5-6H2,1H3,(H,23,25). The summed E-state index contributed by atoms with van der Waals surface area (Å²) in [5.74, 6) is 0.658. The number of amides is 3. The van der Waals surface area contributed by atoms with Crippen LogP contribution in [-0.2, 0) is 4.79 Å². The Bertz CT molecular complexity index is 984. The highest BCUT2D eigenvalue weighted by atomic mass is 35.5. The second-order valence-electron chi connectivity index (χ2n) is 6.66. The van der Waals surface area contributed by atoms with Crippen molar-refractivity contribution in [1.82, 2.24) is 4.90 Å². The van der Waals surface area contributed by atoms with Crippen LogP contribution in [0.25, 0.3) is 0 Å². The Hall–Kier alpha value is -1.67. The van der Waals surface area contributed by atoms with E-state index in [-0.39, 0.29) is 21.2 Å². The molecule has 9 heteroatoms. The molecule has 0 radical (unpaired) electrons. The first-order chi connectivity index (χ1) is 13.9. The largest absolute Gasteiger partial charge is 0.324 e. The quantitative estimate of drug-likeness (QED) is 0.635. The van der Waals surface area contributed by atoms with E-state index in [2.05, 4.69) is 5.32 Å². The lowest BCUT2D eigenvalue weighted by atomic mass is 10.1. The van der Waals surface area contributed by atoms with Gasteiger partial charge in [-0.1, -0.05) is 35.3 Å². The van der Waals surface area contributed by atoms with Crippen molar-refractivity contribution >= 4 is 70.1 Å². The van der Waals surface area contributed by atoms with Gasteiger partial charge in [-0.25, -0.2) is 0 Å². The number of imide groups is 1. The van der Waals surface area contributed by atoms with E-state index in [1.54, 1.807) is 6.07 Å². The van der Waals surface area contributed by atoms with Crippen molar-refractivity contribution in [1.29, 1.82) is 0 Å². The first-order valence-electron chi connectivity index (χ1n) is 8.88. The number of hydrogen-bond donors (Lipinski definition) is 1. The smallest absolute Gasteiger partial charge is 0.262 e. The number of nitrogens with zero attached hydrogens (tertiary/aromatic N) is 1. The lowest BCUT2D eigenvalue weighted by Gasteiger charge is -2.22. The molecule has 29 heavy (non-hydrogen) atoms. The highest BCUT2D eigenvalue weighted by Gasteiger charge is 2.41. The van der Waals surface area contributed by atoms with Gasteiger partial charge in [-0.05, 0) is 36.8 Å². The number of rotatable bonds is 4. The van der Waals surface area contributed by atoms with E-state index in [0.29, 0.717) is 10.3 Å². The molecule has 1 saturated heterocycles. The molecule has 3 amide bonds. The lowest BCUT2D eigenvalue weighted by Crippen LogP contribution is -2.45. The molecule has 1 unspecified atom stereocenters. The molecule has 5 nitrogen and oxygen atoms in total. The molecule has 0 aliphatic carbocycles. The van der Waals surface area contributed by atoms with Gasteiger partial charge in [0.15, 0.2) is 0 Å². The molecule has 0 saturated carbocycles. The van der Waals surface area contributed by atoms with E-state index in [9.17, 15) is 14.4 Å². The van der Waals surface area contributed by atoms with Crippen LogP contribution in [0.2, 0.25) is 10.0 Å². The molecule has 0 bridgehead atoms. The fourth-order valence-electron chi connectivity index (χ4n) is 3.28. The molecular formula is C20H16Cl2N2O3S2. The Labute approximate surface area is 186 Å². The van der Waals surface area contributed by atoms with E-state index in [0.717, 1.165) is 22.0 Å². The van der Waals surface area contributed by atoms with Crippen molar-refractivity contribution < 1.29 is 14.4 Å². The third kappa shape index (κ3) is 3.89. The van der Waals surface area contributed by atoms with Crippen LogP contribution in [0.3, 0.4) is 0 Å². The zero-order valence-corrected chi connectivity index (χ0v) is 18.4. The molecule has 2 aromatic rings. The van der Waals surface area contributed by atoms with Crippen LogP contribution < -0.4 is 5.32 Å². The number of thioether (sulfide) groups is 2. The van der Waals surface area contributed by atoms with Gasteiger partial charge in [-0.2, -0.15) is 0 Å². The van der Waals surface area contributed by atoms with Crippen LogP contribution in [0.15, 0.2) is 36.4 Å². The first-order valence-corrected chi connectivity index (χ1v) is 11.7. The molecule has 1 fully saturated rings. The maximum atomic E-state index is 12.8. The number of carbonyl (C=O) groups excluding carboxylic acids is 3. The normalized spacial score (nSPS) is 17.6. The van der Waals surface area contributed by atoms with Crippen molar-refractivity contribution in [3.05, 3.63) is 63.1 Å². The summed E-state index contributed by atoms with van der Waals surface area (Å²) in [5, 5.41) is 3.19. The molecule has 2 heterocycles. The predicted octanol–water partition coefficient (Wildman–Crippen LogP) is 5.10. The molecule has 4 rings (SSSR count). The molecule has 0 spiro atoms. The van der Waals surface area contributed by atoms with Crippen LogP contribution in [0.1, 0.15) is 37.8 Å². The Morgan fingerprint density at radius 2 is 1.66 bits per heavy atom. The van der Waals surface area contributed by atoms with E-state index in [1.807, 2.05) is 41.7 Å². The molecule has 1 N–H and O–H groups in total. The zero-order chi connectivity index (χ0) is 20.7. The first kappa shape index (κ1) is 20.6. The second-order valence-corrected chi connectivity index (χ2v) is 10.2. The maximum Gasteiger partial charge on any atom is 0.262 e. The van der Waals surface area contributed by atoms with E-state index in [1.165, 1.54) is 19.1 Å². The zero-order valence-electron chi connectivity index (χ0n) is 15.3. The molecule has 2 aromatic carbocycles. The Kier molecular flexibility index (Phi) is 5.84. The van der Waals surface area contributed by atoms with Gasteiger partial charge in [0.05, 0.1) is 25.8 Å². The van der Waals surface area contributed by atoms with Crippen molar-refractivity contribution in [2.75, 3.05) is 16.8 Å². The second kappa shape index (κ2) is 8.22. The van der Waals surface area contributed by atoms with Gasteiger partial charge in [0.1, 0.15) is 6.04 Å². The van der Waals surface area contributed by atoms with Crippen LogP contribution in [0.4, 0.5) is 5.69 Å². The molecular weight excluding hydrogens is 451 g/mol. The minimum absolute atomic E-state index is 0.154. The van der Waals surface area contributed by atoms with E-state index in [4.69, 9.17) is 23.2 Å². The fraction of sp³-hybridized carbons (Fsp3) is 0.250. The summed E-state index contributed by atoms with van der Waals surface area (Å²) in [4.78, 5) is 39.2. The van der Waals surface area contributed by atoms with Crippen LogP contribution in [0, 0.1) is 0 Å². The highest BCUT2D eigenvalue weighted by Crippen LogP contribution is 2.45. The Morgan fingerprint density at radius 3 is 2.24 bits per heavy atom. The summed E-state index contributed by atoms with van der Waals surface area (Å²) in [6.45, 7) is 1.52. The minimum Gasteiger partial charge on any atom is -0.324 e. The monoisotopic (exact) mass is 466 g/mol. The van der Waals surface area contributed by atoms with Gasteiger partial charge in [-0.15, -0.1) is 23.5 Å². The summed E-state index contributed by atoms with van der Waals surface area (Å²) < 4.78 is 0.356. The predicted molar refractivity (Wildman–Crippen MR) is 119 cm³/mol. The lowest BCUT2D eigenvalue weighted by molar-refractivity contribution is -0.119. The van der Waals surface area contributed by atoms with Gasteiger partial charge in [0.25, 0.3) is 11.8 Å². The van der Waals surface area contributed by atoms with Crippen molar-refractivity contribution in [3.63, 3.8) is 0 Å². The van der Waals surface area contributed by atoms with Gasteiger partial charge in [0.2, 0.25) is 5.91 Å². The molecule has 0 aromatic heterocycles. The van der Waals surface area contributed by atoms with Crippen molar-refractivity contribution in [2.24, 2.45) is 0 Å².